The molecule has 312 valence electrons. The zero-order valence-corrected chi connectivity index (χ0v) is 37.6. The first-order valence-corrected chi connectivity index (χ1v) is 22.0. The smallest absolute Gasteiger partial charge is 0.149 e. The maximum absolute atomic E-state index is 11.4. The minimum absolute atomic E-state index is 0.0553. The quantitative estimate of drug-likeness (QED) is 0.166. The average Bonchev–Trinajstić information content (AvgIpc) is 3.68. The summed E-state index contributed by atoms with van der Waals surface area (Å²) in [4.78, 5) is 10.5. The summed E-state index contributed by atoms with van der Waals surface area (Å²) in [6, 6.07) is 62.1. The molecule has 0 aliphatic rings. The molecular formula is C59H55N3O. The van der Waals surface area contributed by atoms with E-state index in [0.29, 0.717) is 11.4 Å². The molecule has 0 fully saturated rings. The van der Waals surface area contributed by atoms with E-state index in [9.17, 15) is 5.11 Å². The van der Waals surface area contributed by atoms with E-state index in [4.69, 9.17) is 9.97 Å². The summed E-state index contributed by atoms with van der Waals surface area (Å²) in [5.74, 6) is 0.857. The molecule has 0 saturated carbocycles. The fourth-order valence-corrected chi connectivity index (χ4v) is 8.71. The summed E-state index contributed by atoms with van der Waals surface area (Å²) >= 11 is 0. The summed E-state index contributed by atoms with van der Waals surface area (Å²) in [5, 5.41) is 11.4. The van der Waals surface area contributed by atoms with Crippen LogP contribution < -0.4 is 0 Å². The van der Waals surface area contributed by atoms with E-state index in [1.165, 1.54) is 22.3 Å². The molecule has 0 aliphatic heterocycles. The Kier molecular flexibility index (Phi) is 10.5. The number of aromatic nitrogens is 3. The highest BCUT2D eigenvalue weighted by molar-refractivity contribution is 5.97. The van der Waals surface area contributed by atoms with Crippen LogP contribution in [-0.4, -0.2) is 19.6 Å². The number of aromatic hydroxyl groups is 1. The van der Waals surface area contributed by atoms with Crippen molar-refractivity contribution < 1.29 is 5.11 Å². The first kappa shape index (κ1) is 41.3. The highest BCUT2D eigenvalue weighted by Crippen LogP contribution is 2.43. The van der Waals surface area contributed by atoms with E-state index < -0.39 is 0 Å². The van der Waals surface area contributed by atoms with Crippen molar-refractivity contribution in [1.82, 2.24) is 14.5 Å². The summed E-state index contributed by atoms with van der Waals surface area (Å²) in [5.41, 5.74) is 16.6. The molecule has 0 saturated heterocycles. The minimum atomic E-state index is -0.158. The van der Waals surface area contributed by atoms with Gasteiger partial charge in [0, 0.05) is 28.3 Å². The van der Waals surface area contributed by atoms with Gasteiger partial charge >= 0.3 is 0 Å². The first-order valence-electron chi connectivity index (χ1n) is 22.0. The molecule has 0 aliphatic carbocycles. The molecule has 4 heteroatoms. The lowest BCUT2D eigenvalue weighted by molar-refractivity contribution is 0.477. The maximum atomic E-state index is 11.4. The molecular weight excluding hydrogens is 767 g/mol. The van der Waals surface area contributed by atoms with Gasteiger partial charge in [0.25, 0.3) is 0 Å². The van der Waals surface area contributed by atoms with Crippen LogP contribution in [0.2, 0.25) is 0 Å². The predicted molar refractivity (Wildman–Crippen MR) is 264 cm³/mol. The van der Waals surface area contributed by atoms with Gasteiger partial charge in [-0.1, -0.05) is 177 Å². The van der Waals surface area contributed by atoms with Crippen LogP contribution in [0.3, 0.4) is 0 Å². The monoisotopic (exact) mass is 821 g/mol. The topological polar surface area (TPSA) is 50.9 Å². The van der Waals surface area contributed by atoms with Crippen molar-refractivity contribution in [2.24, 2.45) is 0 Å². The van der Waals surface area contributed by atoms with E-state index in [-0.39, 0.29) is 22.0 Å². The average molecular weight is 822 g/mol. The highest BCUT2D eigenvalue weighted by Gasteiger charge is 2.26. The molecule has 1 N–H and O–H groups in total. The van der Waals surface area contributed by atoms with Crippen molar-refractivity contribution in [2.75, 3.05) is 0 Å². The number of hydrogen-bond donors (Lipinski definition) is 1. The number of imidazole rings is 1. The van der Waals surface area contributed by atoms with Crippen LogP contribution in [0, 0.1) is 0 Å². The lowest BCUT2D eigenvalue weighted by Crippen LogP contribution is -2.18. The van der Waals surface area contributed by atoms with Gasteiger partial charge in [0.1, 0.15) is 11.6 Å². The van der Waals surface area contributed by atoms with Gasteiger partial charge in [-0.2, -0.15) is 0 Å². The third-order valence-electron chi connectivity index (χ3n) is 12.6. The number of nitrogens with zero attached hydrogens (tertiary/aromatic N) is 3. The van der Waals surface area contributed by atoms with Gasteiger partial charge in [-0.25, -0.2) is 4.98 Å². The van der Waals surface area contributed by atoms with Crippen LogP contribution in [0.5, 0.6) is 5.75 Å². The third kappa shape index (κ3) is 7.98. The van der Waals surface area contributed by atoms with Crippen molar-refractivity contribution in [3.8, 4) is 67.5 Å². The van der Waals surface area contributed by atoms with Crippen LogP contribution in [0.4, 0.5) is 0 Å². The molecule has 0 atom stereocenters. The highest BCUT2D eigenvalue weighted by atomic mass is 16.3. The van der Waals surface area contributed by atoms with Gasteiger partial charge in [-0.3, -0.25) is 9.55 Å². The number of phenols is 1. The Balaban J connectivity index is 1.23. The van der Waals surface area contributed by atoms with Gasteiger partial charge in [0.15, 0.2) is 0 Å². The molecule has 9 rings (SSSR count). The predicted octanol–water partition coefficient (Wildman–Crippen LogP) is 15.4. The van der Waals surface area contributed by atoms with Crippen LogP contribution in [-0.2, 0) is 16.2 Å². The largest absolute Gasteiger partial charge is 0.507 e. The summed E-state index contributed by atoms with van der Waals surface area (Å²) in [6.07, 6.45) is 1.93. The molecule has 2 heterocycles. The maximum Gasteiger partial charge on any atom is 0.149 e. The van der Waals surface area contributed by atoms with Gasteiger partial charge in [0.05, 0.1) is 28.0 Å². The Hall–Kier alpha value is -7.04. The molecule has 0 unspecified atom stereocenters. The summed E-state index contributed by atoms with van der Waals surface area (Å²) < 4.78 is 2.23. The SMILES string of the molecule is CC(C)(C)c1cc(-c2cc(-c3cccc(C(C)(C)c4ccccc4)c3)ccn2)cc(-c2cccc3c2nc(-c2ccccc2O)n3-c2ccc(C(C)(C)C)cc2-c2ccccc2)c1. The Bertz CT molecular complexity index is 3110. The lowest BCUT2D eigenvalue weighted by Gasteiger charge is -2.26. The molecule has 9 aromatic rings. The molecule has 0 spiro atoms. The third-order valence-corrected chi connectivity index (χ3v) is 12.6. The summed E-state index contributed by atoms with van der Waals surface area (Å²) in [7, 11) is 0. The molecule has 7 aromatic carbocycles. The molecule has 0 amide bonds. The number of benzene rings is 7. The number of rotatable bonds is 8. The molecule has 4 nitrogen and oxygen atoms in total. The van der Waals surface area contributed by atoms with E-state index in [1.54, 1.807) is 6.07 Å². The second kappa shape index (κ2) is 16.0. The Morgan fingerprint density at radius 3 is 1.76 bits per heavy atom. The van der Waals surface area contributed by atoms with Crippen molar-refractivity contribution >= 4 is 11.0 Å². The Labute approximate surface area is 372 Å². The molecule has 2 aromatic heterocycles. The summed E-state index contributed by atoms with van der Waals surface area (Å²) in [6.45, 7) is 18.1. The van der Waals surface area contributed by atoms with Crippen molar-refractivity contribution in [3.05, 3.63) is 204 Å². The zero-order chi connectivity index (χ0) is 44.1. The fourth-order valence-electron chi connectivity index (χ4n) is 8.71. The standard InChI is InChI=1S/C59H55N3O/c1-57(2,3)45-29-30-52(50(38-45)39-19-11-9-12-20-39)62-53-27-18-26-48(55(53)61-56(62)49-25-15-16-28-54(49)63)42-33-43(36-47(35-42)58(4,5)6)51-37-41(31-32-60-51)40-21-17-24-46(34-40)59(7,8)44-22-13-10-14-23-44/h9-38,63H,1-8H3. The Morgan fingerprint density at radius 2 is 1.03 bits per heavy atom. The molecule has 0 bridgehead atoms. The van der Waals surface area contributed by atoms with Crippen molar-refractivity contribution in [2.45, 2.75) is 71.6 Å². The van der Waals surface area contributed by atoms with Gasteiger partial charge in [0.2, 0.25) is 0 Å². The lowest BCUT2D eigenvalue weighted by atomic mass is 9.77. The molecule has 63 heavy (non-hydrogen) atoms. The van der Waals surface area contributed by atoms with Gasteiger partial charge in [-0.05, 0) is 110 Å². The number of hydrogen-bond acceptors (Lipinski definition) is 3. The second-order valence-corrected chi connectivity index (χ2v) is 19.4. The van der Waals surface area contributed by atoms with Crippen LogP contribution in [0.1, 0.15) is 77.6 Å². The fraction of sp³-hybridized carbons (Fsp3) is 0.186. The normalized spacial score (nSPS) is 12.2. The number of para-hydroxylation sites is 2. The number of fused-ring (bicyclic) bond motifs is 1. The van der Waals surface area contributed by atoms with E-state index in [1.807, 2.05) is 24.4 Å². The van der Waals surface area contributed by atoms with E-state index in [2.05, 4.69) is 212 Å². The number of pyridine rings is 1. The second-order valence-electron chi connectivity index (χ2n) is 19.4. The Morgan fingerprint density at radius 1 is 0.429 bits per heavy atom. The van der Waals surface area contributed by atoms with Crippen molar-refractivity contribution in [1.29, 1.82) is 0 Å². The van der Waals surface area contributed by atoms with E-state index >= 15 is 0 Å². The number of phenolic OH excluding ortho intramolecular Hbond substituents is 1. The van der Waals surface area contributed by atoms with E-state index in [0.717, 1.165) is 61.4 Å². The first-order chi connectivity index (χ1) is 30.2. The van der Waals surface area contributed by atoms with Crippen LogP contribution in [0.15, 0.2) is 182 Å². The van der Waals surface area contributed by atoms with Gasteiger partial charge < -0.3 is 5.11 Å². The minimum Gasteiger partial charge on any atom is -0.507 e. The van der Waals surface area contributed by atoms with Crippen LogP contribution >= 0.6 is 0 Å². The van der Waals surface area contributed by atoms with Crippen LogP contribution in [0.25, 0.3) is 72.7 Å². The van der Waals surface area contributed by atoms with Crippen molar-refractivity contribution in [3.63, 3.8) is 0 Å². The molecule has 0 radical (unpaired) electrons. The zero-order valence-electron chi connectivity index (χ0n) is 37.6. The van der Waals surface area contributed by atoms with Gasteiger partial charge in [-0.15, -0.1) is 0 Å².